The van der Waals surface area contributed by atoms with E-state index in [9.17, 15) is 5.11 Å². The van der Waals surface area contributed by atoms with Crippen LogP contribution in [0.3, 0.4) is 0 Å². The van der Waals surface area contributed by atoms with Gasteiger partial charge in [-0.1, -0.05) is 6.42 Å². The van der Waals surface area contributed by atoms with Gasteiger partial charge in [-0.25, -0.2) is 0 Å². The summed E-state index contributed by atoms with van der Waals surface area (Å²) in [5.41, 5.74) is 0. The highest BCUT2D eigenvalue weighted by atomic mass is 16.3. The molecule has 0 aromatic heterocycles. The van der Waals surface area contributed by atoms with Crippen LogP contribution in [0.5, 0.6) is 0 Å². The molecule has 1 atom stereocenters. The van der Waals surface area contributed by atoms with E-state index in [0.29, 0.717) is 6.04 Å². The molecule has 78 valence electrons. The van der Waals surface area contributed by atoms with Gasteiger partial charge in [0.2, 0.25) is 0 Å². The van der Waals surface area contributed by atoms with Gasteiger partial charge < -0.3 is 10.2 Å². The number of rotatable bonds is 6. The number of nitrogens with zero attached hydrogens (tertiary/aromatic N) is 1. The van der Waals surface area contributed by atoms with Crippen LogP contribution in [-0.4, -0.2) is 47.0 Å². The lowest BCUT2D eigenvalue weighted by molar-refractivity contribution is 0.0616. The van der Waals surface area contributed by atoms with Gasteiger partial charge in [0.25, 0.3) is 0 Å². The zero-order valence-corrected chi connectivity index (χ0v) is 8.45. The Kier molecular flexibility index (Phi) is 4.70. The molecule has 0 bridgehead atoms. The maximum absolute atomic E-state index is 9.29. The van der Waals surface area contributed by atoms with Crippen LogP contribution in [0, 0.1) is 0 Å². The Morgan fingerprint density at radius 3 is 2.54 bits per heavy atom. The lowest BCUT2D eigenvalue weighted by atomic mass is 9.91. The molecule has 1 aliphatic carbocycles. The average Bonchev–Trinajstić information content (AvgIpc) is 1.95. The minimum Gasteiger partial charge on any atom is -0.396 e. The molecular formula is C10H21NO2. The molecule has 0 aliphatic heterocycles. The molecule has 0 aromatic rings. The number of hydrogen-bond acceptors (Lipinski definition) is 3. The van der Waals surface area contributed by atoms with Crippen molar-refractivity contribution in [3.63, 3.8) is 0 Å². The van der Waals surface area contributed by atoms with E-state index in [0.717, 1.165) is 19.5 Å². The highest BCUT2D eigenvalue weighted by molar-refractivity contribution is 4.80. The second-order valence-electron chi connectivity index (χ2n) is 4.01. The Balaban J connectivity index is 2.24. The van der Waals surface area contributed by atoms with Crippen molar-refractivity contribution in [3.8, 4) is 0 Å². The van der Waals surface area contributed by atoms with Crippen LogP contribution in [0.15, 0.2) is 0 Å². The third kappa shape index (κ3) is 3.63. The zero-order valence-electron chi connectivity index (χ0n) is 8.45. The van der Waals surface area contributed by atoms with E-state index in [1.165, 1.54) is 19.3 Å². The standard InChI is InChI=1S/C10H21NO2/c1-9(13)8-11(6-3-7-12)10-4-2-5-10/h9-10,12-13H,2-8H2,1H3. The Hall–Kier alpha value is -0.120. The molecule has 0 heterocycles. The molecule has 1 aliphatic rings. The molecular weight excluding hydrogens is 166 g/mol. The van der Waals surface area contributed by atoms with Gasteiger partial charge in [0, 0.05) is 25.7 Å². The summed E-state index contributed by atoms with van der Waals surface area (Å²) in [7, 11) is 0. The van der Waals surface area contributed by atoms with Gasteiger partial charge in [-0.2, -0.15) is 0 Å². The molecule has 1 saturated carbocycles. The van der Waals surface area contributed by atoms with Crippen LogP contribution in [0.4, 0.5) is 0 Å². The largest absolute Gasteiger partial charge is 0.396 e. The first-order chi connectivity index (χ1) is 6.24. The van der Waals surface area contributed by atoms with Crippen LogP contribution in [0.1, 0.15) is 32.6 Å². The molecule has 3 heteroatoms. The van der Waals surface area contributed by atoms with E-state index in [1.807, 2.05) is 6.92 Å². The Morgan fingerprint density at radius 2 is 2.15 bits per heavy atom. The minimum atomic E-state index is -0.251. The van der Waals surface area contributed by atoms with Crippen molar-refractivity contribution in [1.29, 1.82) is 0 Å². The number of aliphatic hydroxyl groups is 2. The highest BCUT2D eigenvalue weighted by Crippen LogP contribution is 2.24. The topological polar surface area (TPSA) is 43.7 Å². The first-order valence-corrected chi connectivity index (χ1v) is 5.27. The SMILES string of the molecule is CC(O)CN(CCCO)C1CCC1. The normalized spacial score (nSPS) is 20.3. The number of aliphatic hydroxyl groups excluding tert-OH is 2. The van der Waals surface area contributed by atoms with Gasteiger partial charge in [-0.15, -0.1) is 0 Å². The second-order valence-corrected chi connectivity index (χ2v) is 4.01. The van der Waals surface area contributed by atoms with Crippen LogP contribution < -0.4 is 0 Å². The summed E-state index contributed by atoms with van der Waals surface area (Å²) >= 11 is 0. The first-order valence-electron chi connectivity index (χ1n) is 5.27. The van der Waals surface area contributed by atoms with E-state index < -0.39 is 0 Å². The molecule has 13 heavy (non-hydrogen) atoms. The maximum atomic E-state index is 9.29. The molecule has 0 radical (unpaired) electrons. The smallest absolute Gasteiger partial charge is 0.0639 e. The van der Waals surface area contributed by atoms with E-state index in [-0.39, 0.29) is 12.7 Å². The number of hydrogen-bond donors (Lipinski definition) is 2. The Morgan fingerprint density at radius 1 is 1.46 bits per heavy atom. The van der Waals surface area contributed by atoms with E-state index >= 15 is 0 Å². The summed E-state index contributed by atoms with van der Waals surface area (Å²) in [4.78, 5) is 2.31. The van der Waals surface area contributed by atoms with Crippen molar-refractivity contribution in [2.75, 3.05) is 19.7 Å². The van der Waals surface area contributed by atoms with E-state index in [1.54, 1.807) is 0 Å². The molecule has 3 nitrogen and oxygen atoms in total. The minimum absolute atomic E-state index is 0.251. The summed E-state index contributed by atoms with van der Waals surface area (Å²) in [6, 6.07) is 0.668. The third-order valence-corrected chi connectivity index (χ3v) is 2.69. The highest BCUT2D eigenvalue weighted by Gasteiger charge is 2.24. The van der Waals surface area contributed by atoms with Crippen LogP contribution in [0.25, 0.3) is 0 Å². The second kappa shape index (κ2) is 5.58. The predicted molar refractivity (Wildman–Crippen MR) is 52.6 cm³/mol. The third-order valence-electron chi connectivity index (χ3n) is 2.69. The fraction of sp³-hybridized carbons (Fsp3) is 1.00. The lowest BCUT2D eigenvalue weighted by Gasteiger charge is -2.38. The fourth-order valence-corrected chi connectivity index (χ4v) is 1.79. The molecule has 0 aromatic carbocycles. The van der Waals surface area contributed by atoms with Gasteiger partial charge in [-0.3, -0.25) is 4.90 Å². The summed E-state index contributed by atoms with van der Waals surface area (Å²) in [5.74, 6) is 0. The molecule has 0 spiro atoms. The molecule has 2 N–H and O–H groups in total. The van der Waals surface area contributed by atoms with Crippen LogP contribution in [0.2, 0.25) is 0 Å². The van der Waals surface area contributed by atoms with Crippen molar-refractivity contribution in [2.45, 2.75) is 44.8 Å². The van der Waals surface area contributed by atoms with Crippen LogP contribution >= 0.6 is 0 Å². The van der Waals surface area contributed by atoms with Gasteiger partial charge in [0.15, 0.2) is 0 Å². The Labute approximate surface area is 80.4 Å². The summed E-state index contributed by atoms with van der Waals surface area (Å²) in [5, 5.41) is 18.0. The maximum Gasteiger partial charge on any atom is 0.0639 e. The summed E-state index contributed by atoms with van der Waals surface area (Å²) < 4.78 is 0. The van der Waals surface area contributed by atoms with Gasteiger partial charge in [0.1, 0.15) is 0 Å². The predicted octanol–water partition coefficient (Wildman–Crippen LogP) is 0.604. The Bertz CT molecular complexity index is 135. The van der Waals surface area contributed by atoms with E-state index in [2.05, 4.69) is 4.90 Å². The van der Waals surface area contributed by atoms with Gasteiger partial charge in [-0.05, 0) is 26.2 Å². The van der Waals surface area contributed by atoms with Crippen molar-refractivity contribution in [1.82, 2.24) is 4.90 Å². The van der Waals surface area contributed by atoms with Gasteiger partial charge >= 0.3 is 0 Å². The molecule has 1 fully saturated rings. The molecule has 1 unspecified atom stereocenters. The quantitative estimate of drug-likeness (QED) is 0.640. The van der Waals surface area contributed by atoms with E-state index in [4.69, 9.17) is 5.11 Å². The summed E-state index contributed by atoms with van der Waals surface area (Å²) in [6.07, 6.45) is 4.42. The lowest BCUT2D eigenvalue weighted by Crippen LogP contribution is -2.44. The fourth-order valence-electron chi connectivity index (χ4n) is 1.79. The van der Waals surface area contributed by atoms with Gasteiger partial charge in [0.05, 0.1) is 6.10 Å². The monoisotopic (exact) mass is 187 g/mol. The van der Waals surface area contributed by atoms with Crippen molar-refractivity contribution in [3.05, 3.63) is 0 Å². The van der Waals surface area contributed by atoms with Crippen molar-refractivity contribution < 1.29 is 10.2 Å². The van der Waals surface area contributed by atoms with Crippen molar-refractivity contribution >= 4 is 0 Å². The first kappa shape index (κ1) is 11.0. The van der Waals surface area contributed by atoms with Crippen molar-refractivity contribution in [2.24, 2.45) is 0 Å². The molecule has 0 saturated heterocycles. The molecule has 1 rings (SSSR count). The molecule has 0 amide bonds. The average molecular weight is 187 g/mol. The van der Waals surface area contributed by atoms with Crippen LogP contribution in [-0.2, 0) is 0 Å². The zero-order chi connectivity index (χ0) is 9.68. The summed E-state index contributed by atoms with van der Waals surface area (Å²) in [6.45, 7) is 3.75.